The predicted molar refractivity (Wildman–Crippen MR) is 295 cm³/mol. The Kier molecular flexibility index (Phi) is 8.36. The number of nitrogens with one attached hydrogen (secondary N) is 2. The van der Waals surface area contributed by atoms with E-state index in [-0.39, 0.29) is 0 Å². The van der Waals surface area contributed by atoms with Crippen LogP contribution in [0.1, 0.15) is 5.56 Å². The Bertz CT molecular complexity index is 4540. The van der Waals surface area contributed by atoms with Gasteiger partial charge in [-0.2, -0.15) is 5.26 Å². The van der Waals surface area contributed by atoms with Gasteiger partial charge in [-0.1, -0.05) is 127 Å². The van der Waals surface area contributed by atoms with Crippen molar-refractivity contribution in [2.24, 2.45) is 0 Å². The maximum absolute atomic E-state index is 10.4. The van der Waals surface area contributed by atoms with Crippen molar-refractivity contribution >= 4 is 92.5 Å². The number of aromatic amines is 2. The SMILES string of the molecule is [C-]#[N+]c1cccc(-c2c3nc(nc4[nH]c(c(-c5cccc(C#N)c5)c5nc(cc6[nH]c2c2cc7ccccc7cc62)-c2cc6ccccc6cc2-5)c2cc5ccccc5cc42)-c2cc4ccccc4cc2-3)c1. The van der Waals surface area contributed by atoms with E-state index in [9.17, 15) is 5.26 Å². The van der Waals surface area contributed by atoms with Gasteiger partial charge < -0.3 is 9.97 Å². The molecule has 15 rings (SSSR count). The molecule has 0 amide bonds. The number of nitrogens with zero attached hydrogens (tertiary/aromatic N) is 5. The molecule has 10 aromatic carbocycles. The Labute approximate surface area is 411 Å². The quantitative estimate of drug-likeness (QED) is 0.169. The van der Waals surface area contributed by atoms with Gasteiger partial charge in [-0.15, -0.1) is 0 Å². The molecule has 3 aromatic heterocycles. The molecule has 5 heterocycles. The van der Waals surface area contributed by atoms with Crippen LogP contribution in [0, 0.1) is 17.9 Å². The minimum absolute atomic E-state index is 0.531. The average Bonchev–Trinajstić information content (AvgIpc) is 4.16. The smallest absolute Gasteiger partial charge is 0.187 e. The third kappa shape index (κ3) is 5.99. The molecule has 0 fully saturated rings. The summed E-state index contributed by atoms with van der Waals surface area (Å²) < 4.78 is 0. The molecule has 0 atom stereocenters. The van der Waals surface area contributed by atoms with Crippen molar-refractivity contribution in [2.45, 2.75) is 0 Å². The number of hydrogen-bond acceptors (Lipinski definition) is 4. The highest BCUT2D eigenvalue weighted by Gasteiger charge is 2.28. The van der Waals surface area contributed by atoms with Gasteiger partial charge in [0.15, 0.2) is 11.5 Å². The highest BCUT2D eigenvalue weighted by atomic mass is 15.0. The number of benzene rings is 10. The lowest BCUT2D eigenvalue weighted by molar-refractivity contribution is 1.27. The summed E-state index contributed by atoms with van der Waals surface area (Å²) in [4.78, 5) is 28.9. The van der Waals surface area contributed by atoms with Gasteiger partial charge in [-0.05, 0) is 127 Å². The van der Waals surface area contributed by atoms with E-state index in [2.05, 4.69) is 185 Å². The van der Waals surface area contributed by atoms with Crippen LogP contribution in [-0.2, 0) is 0 Å². The number of hydrogen-bond donors (Lipinski definition) is 2. The maximum Gasteiger partial charge on any atom is 0.187 e. The first-order valence-corrected chi connectivity index (χ1v) is 23.9. The Morgan fingerprint density at radius 3 is 1.51 bits per heavy atom. The van der Waals surface area contributed by atoms with Crippen LogP contribution in [0.4, 0.5) is 5.69 Å². The van der Waals surface area contributed by atoms with E-state index in [1.165, 1.54) is 0 Å². The molecule has 72 heavy (non-hydrogen) atoms. The Hall–Kier alpha value is -10.2. The summed E-state index contributed by atoms with van der Waals surface area (Å²) in [5.41, 5.74) is 13.9. The second-order valence-corrected chi connectivity index (χ2v) is 18.7. The molecule has 7 nitrogen and oxygen atoms in total. The zero-order chi connectivity index (χ0) is 47.6. The summed E-state index contributed by atoms with van der Waals surface area (Å²) in [6.07, 6.45) is 0. The molecule has 0 saturated heterocycles. The molecule has 0 spiro atoms. The van der Waals surface area contributed by atoms with Crippen molar-refractivity contribution in [3.63, 3.8) is 0 Å². The first-order chi connectivity index (χ1) is 35.5. The van der Waals surface area contributed by atoms with Gasteiger partial charge in [0.1, 0.15) is 5.65 Å². The van der Waals surface area contributed by atoms with Crippen LogP contribution in [0.2, 0.25) is 0 Å². The number of H-pyrrole nitrogens is 2. The van der Waals surface area contributed by atoms with Crippen LogP contribution < -0.4 is 0 Å². The molecule has 2 N–H and O–H groups in total. The zero-order valence-corrected chi connectivity index (χ0v) is 38.3. The molecule has 0 radical (unpaired) electrons. The molecule has 13 aromatic rings. The summed E-state index contributed by atoms with van der Waals surface area (Å²) in [5, 5.41) is 23.0. The van der Waals surface area contributed by atoms with Crippen molar-refractivity contribution in [3.05, 3.63) is 217 Å². The lowest BCUT2D eigenvalue weighted by Crippen LogP contribution is -1.88. The second-order valence-electron chi connectivity index (χ2n) is 18.7. The van der Waals surface area contributed by atoms with Crippen LogP contribution >= 0.6 is 0 Å². The fraction of sp³-hybridized carbons (Fsp3) is 0. The largest absolute Gasteiger partial charge is 0.354 e. The van der Waals surface area contributed by atoms with E-state index >= 15 is 0 Å². The molecule has 2 aliphatic heterocycles. The van der Waals surface area contributed by atoms with Crippen LogP contribution in [-0.4, -0.2) is 24.9 Å². The van der Waals surface area contributed by atoms with Gasteiger partial charge in [0, 0.05) is 60.4 Å². The van der Waals surface area contributed by atoms with Gasteiger partial charge in [0.25, 0.3) is 0 Å². The van der Waals surface area contributed by atoms with Gasteiger partial charge in [0.05, 0.1) is 46.3 Å². The average molecular weight is 914 g/mol. The molecule has 2 aliphatic rings. The number of aromatic nitrogens is 5. The fourth-order valence-corrected chi connectivity index (χ4v) is 11.3. The van der Waals surface area contributed by atoms with E-state index < -0.39 is 0 Å². The second kappa shape index (κ2) is 15.1. The maximum atomic E-state index is 10.4. The van der Waals surface area contributed by atoms with Crippen LogP contribution in [0.5, 0.6) is 0 Å². The Morgan fingerprint density at radius 1 is 0.417 bits per heavy atom. The third-order valence-electron chi connectivity index (χ3n) is 14.6. The fourth-order valence-electron chi connectivity index (χ4n) is 11.3. The molecule has 330 valence electrons. The normalized spacial score (nSPS) is 11.9. The van der Waals surface area contributed by atoms with Crippen molar-refractivity contribution in [3.8, 4) is 73.5 Å². The summed E-state index contributed by atoms with van der Waals surface area (Å²) in [5.74, 6) is 0.561. The first kappa shape index (κ1) is 39.8. The van der Waals surface area contributed by atoms with Crippen LogP contribution in [0.15, 0.2) is 200 Å². The van der Waals surface area contributed by atoms with Crippen molar-refractivity contribution in [1.29, 1.82) is 5.26 Å². The molecule has 0 aliphatic carbocycles. The highest BCUT2D eigenvalue weighted by molar-refractivity contribution is 6.20. The molecular weight excluding hydrogens is 879 g/mol. The number of rotatable bonds is 2. The topological polar surface area (TPSA) is 98.4 Å². The molecule has 0 saturated carbocycles. The van der Waals surface area contributed by atoms with Gasteiger partial charge in [-0.3, -0.25) is 0 Å². The summed E-state index contributed by atoms with van der Waals surface area (Å²) in [6, 6.07) is 72.0. The van der Waals surface area contributed by atoms with E-state index in [0.717, 1.165) is 143 Å². The zero-order valence-electron chi connectivity index (χ0n) is 38.3. The minimum Gasteiger partial charge on any atom is -0.354 e. The van der Waals surface area contributed by atoms with Crippen LogP contribution in [0.25, 0.3) is 159 Å². The van der Waals surface area contributed by atoms with E-state index in [0.29, 0.717) is 22.7 Å². The van der Waals surface area contributed by atoms with Gasteiger partial charge >= 0.3 is 0 Å². The lowest BCUT2D eigenvalue weighted by atomic mass is 9.93. The first-order valence-electron chi connectivity index (χ1n) is 23.9. The summed E-state index contributed by atoms with van der Waals surface area (Å²) >= 11 is 0. The Balaban J connectivity index is 1.23. The van der Waals surface area contributed by atoms with E-state index in [1.807, 2.05) is 36.4 Å². The van der Waals surface area contributed by atoms with Gasteiger partial charge in [-0.25, -0.2) is 19.8 Å². The summed E-state index contributed by atoms with van der Waals surface area (Å²) in [6.45, 7) is 8.15. The Morgan fingerprint density at radius 2 is 0.903 bits per heavy atom. The summed E-state index contributed by atoms with van der Waals surface area (Å²) in [7, 11) is 0. The third-order valence-corrected chi connectivity index (χ3v) is 14.6. The monoisotopic (exact) mass is 913 g/mol. The highest BCUT2D eigenvalue weighted by Crippen LogP contribution is 2.49. The van der Waals surface area contributed by atoms with Crippen molar-refractivity contribution < 1.29 is 0 Å². The number of nitriles is 1. The van der Waals surface area contributed by atoms with E-state index in [4.69, 9.17) is 21.5 Å². The van der Waals surface area contributed by atoms with Crippen LogP contribution in [0.3, 0.4) is 0 Å². The molecule has 8 bridgehead atoms. The van der Waals surface area contributed by atoms with Gasteiger partial charge in [0.2, 0.25) is 0 Å². The minimum atomic E-state index is 0.531. The van der Waals surface area contributed by atoms with Crippen molar-refractivity contribution in [1.82, 2.24) is 24.9 Å². The van der Waals surface area contributed by atoms with E-state index in [1.54, 1.807) is 0 Å². The lowest BCUT2D eigenvalue weighted by Gasteiger charge is -2.09. The standard InChI is InChI=1S/C65H35N7/c1-67-47-23-11-22-46(25-47)59-61-51-29-40-16-5-3-14-38(40)27-49(51)57(69-61)34-56-48-26-37-13-2-4-15-39(37)28-50(48)60(68-56)58(45-21-10-12-36(24-45)35-66)62-52-30-41-17-6-8-19-43(41)32-54(52)64(70-62)72-65-55-33-44-20-9-7-18-42(44)31-53(55)63(59)71-65/h2-34,69H,(H,70,71,72). The molecule has 0 unspecified atom stereocenters. The number of fused-ring (bicyclic) bond motifs is 24. The predicted octanol–water partition coefficient (Wildman–Crippen LogP) is 17.1. The molecular formula is C65H35N7. The van der Waals surface area contributed by atoms with Crippen molar-refractivity contribution in [2.75, 3.05) is 0 Å². The molecule has 7 heteroatoms.